The van der Waals surface area contributed by atoms with E-state index in [9.17, 15) is 4.79 Å². The van der Waals surface area contributed by atoms with Crippen LogP contribution >= 0.6 is 0 Å². The van der Waals surface area contributed by atoms with Crippen LogP contribution in [0.25, 0.3) is 0 Å². The molecule has 0 saturated carbocycles. The van der Waals surface area contributed by atoms with Crippen LogP contribution in [0.5, 0.6) is 0 Å². The molecule has 1 N–H and O–H groups in total. The van der Waals surface area contributed by atoms with Crippen LogP contribution in [-0.2, 0) is 4.79 Å². The van der Waals surface area contributed by atoms with Gasteiger partial charge in [0.05, 0.1) is 6.54 Å². The van der Waals surface area contributed by atoms with Crippen molar-refractivity contribution in [3.63, 3.8) is 0 Å². The summed E-state index contributed by atoms with van der Waals surface area (Å²) in [5, 5.41) is 3.28. The Kier molecular flexibility index (Phi) is 6.49. The number of rotatable bonds is 6. The molecule has 84 valence electrons. The summed E-state index contributed by atoms with van der Waals surface area (Å²) in [5.41, 5.74) is 0. The summed E-state index contributed by atoms with van der Waals surface area (Å²) in [6.45, 7) is 6.31. The number of carbonyl (C=O) groups is 1. The van der Waals surface area contributed by atoms with Crippen LogP contribution in [0.2, 0.25) is 0 Å². The van der Waals surface area contributed by atoms with Crippen molar-refractivity contribution >= 4 is 5.91 Å². The van der Waals surface area contributed by atoms with E-state index in [-0.39, 0.29) is 5.91 Å². The van der Waals surface area contributed by atoms with Gasteiger partial charge in [0, 0.05) is 26.2 Å². The fourth-order valence-corrected chi connectivity index (χ4v) is 1.04. The monoisotopic (exact) mass is 201 g/mol. The number of nitrogens with zero attached hydrogens (tertiary/aromatic N) is 2. The maximum Gasteiger partial charge on any atom is 0.236 e. The first-order valence-electron chi connectivity index (χ1n) is 5.05. The average Bonchev–Trinajstić information content (AvgIpc) is 2.01. The van der Waals surface area contributed by atoms with Crippen molar-refractivity contribution in [1.29, 1.82) is 0 Å². The molecule has 0 aromatic rings. The van der Waals surface area contributed by atoms with E-state index in [2.05, 4.69) is 19.2 Å². The first-order valence-corrected chi connectivity index (χ1v) is 5.05. The Morgan fingerprint density at radius 1 is 1.29 bits per heavy atom. The summed E-state index contributed by atoms with van der Waals surface area (Å²) in [7, 11) is 5.64. The van der Waals surface area contributed by atoms with Gasteiger partial charge in [0.15, 0.2) is 0 Å². The summed E-state index contributed by atoms with van der Waals surface area (Å²) >= 11 is 0. The van der Waals surface area contributed by atoms with Crippen molar-refractivity contribution < 1.29 is 4.79 Å². The molecule has 0 aliphatic carbocycles. The molecule has 0 aliphatic heterocycles. The smallest absolute Gasteiger partial charge is 0.236 e. The van der Waals surface area contributed by atoms with Gasteiger partial charge in [-0.1, -0.05) is 13.8 Å². The van der Waals surface area contributed by atoms with E-state index in [1.165, 1.54) is 0 Å². The van der Waals surface area contributed by atoms with Gasteiger partial charge in [0.2, 0.25) is 5.91 Å². The lowest BCUT2D eigenvalue weighted by Gasteiger charge is -2.20. The third kappa shape index (κ3) is 6.86. The molecule has 0 radical (unpaired) electrons. The molecule has 0 fully saturated rings. The van der Waals surface area contributed by atoms with Gasteiger partial charge in [-0.3, -0.25) is 4.79 Å². The number of hydrogen-bond donors (Lipinski definition) is 1. The van der Waals surface area contributed by atoms with Crippen LogP contribution in [0.3, 0.4) is 0 Å². The zero-order chi connectivity index (χ0) is 11.1. The summed E-state index contributed by atoms with van der Waals surface area (Å²) in [6.07, 6.45) is 0. The molecule has 0 atom stereocenters. The number of hydrogen-bond acceptors (Lipinski definition) is 3. The third-order valence-corrected chi connectivity index (χ3v) is 1.88. The lowest BCUT2D eigenvalue weighted by molar-refractivity contribution is -0.130. The molecule has 1 amide bonds. The molecule has 0 spiro atoms. The maximum atomic E-state index is 11.5. The van der Waals surface area contributed by atoms with Crippen molar-refractivity contribution in [1.82, 2.24) is 15.1 Å². The second-order valence-electron chi connectivity index (χ2n) is 4.16. The highest BCUT2D eigenvalue weighted by Gasteiger charge is 2.08. The van der Waals surface area contributed by atoms with Gasteiger partial charge < -0.3 is 15.1 Å². The zero-order valence-corrected chi connectivity index (χ0v) is 10.0. The van der Waals surface area contributed by atoms with E-state index in [0.717, 1.165) is 13.1 Å². The van der Waals surface area contributed by atoms with Crippen LogP contribution in [0.4, 0.5) is 0 Å². The van der Waals surface area contributed by atoms with Crippen LogP contribution in [0, 0.1) is 0 Å². The Morgan fingerprint density at radius 3 is 2.29 bits per heavy atom. The molecule has 0 heterocycles. The van der Waals surface area contributed by atoms with Crippen molar-refractivity contribution in [2.75, 3.05) is 40.8 Å². The van der Waals surface area contributed by atoms with Gasteiger partial charge in [-0.05, 0) is 14.1 Å². The standard InChI is InChI=1S/C10H23N3O/c1-9(2)11-6-7-13(5)10(14)8-12(3)4/h9,11H,6-8H2,1-5H3. The Morgan fingerprint density at radius 2 is 1.86 bits per heavy atom. The van der Waals surface area contributed by atoms with E-state index in [0.29, 0.717) is 12.6 Å². The summed E-state index contributed by atoms with van der Waals surface area (Å²) < 4.78 is 0. The summed E-state index contributed by atoms with van der Waals surface area (Å²) in [4.78, 5) is 15.1. The van der Waals surface area contributed by atoms with Crippen molar-refractivity contribution in [2.45, 2.75) is 19.9 Å². The Bertz CT molecular complexity index is 169. The fraction of sp³-hybridized carbons (Fsp3) is 0.900. The predicted molar refractivity (Wildman–Crippen MR) is 59.3 cm³/mol. The maximum absolute atomic E-state index is 11.5. The molecule has 0 aromatic carbocycles. The Labute approximate surface area is 87.3 Å². The van der Waals surface area contributed by atoms with E-state index in [1.807, 2.05) is 26.0 Å². The molecule has 0 bridgehead atoms. The van der Waals surface area contributed by atoms with Crippen molar-refractivity contribution in [2.24, 2.45) is 0 Å². The van der Waals surface area contributed by atoms with Gasteiger partial charge in [-0.25, -0.2) is 0 Å². The molecule has 4 nitrogen and oxygen atoms in total. The fourth-order valence-electron chi connectivity index (χ4n) is 1.04. The van der Waals surface area contributed by atoms with E-state index < -0.39 is 0 Å². The largest absolute Gasteiger partial charge is 0.343 e. The minimum Gasteiger partial charge on any atom is -0.343 e. The first kappa shape index (κ1) is 13.4. The van der Waals surface area contributed by atoms with Crippen molar-refractivity contribution in [3.05, 3.63) is 0 Å². The lowest BCUT2D eigenvalue weighted by Crippen LogP contribution is -2.40. The van der Waals surface area contributed by atoms with Crippen LogP contribution in [0.15, 0.2) is 0 Å². The number of nitrogens with one attached hydrogen (secondary N) is 1. The first-order chi connectivity index (χ1) is 6.43. The van der Waals surface area contributed by atoms with Gasteiger partial charge in [-0.15, -0.1) is 0 Å². The highest BCUT2D eigenvalue weighted by Crippen LogP contribution is 1.86. The minimum absolute atomic E-state index is 0.167. The molecule has 14 heavy (non-hydrogen) atoms. The van der Waals surface area contributed by atoms with E-state index in [1.54, 1.807) is 4.90 Å². The number of likely N-dealkylation sites (N-methyl/N-ethyl adjacent to an activating group) is 2. The second kappa shape index (κ2) is 6.79. The Hall–Kier alpha value is -0.610. The van der Waals surface area contributed by atoms with Crippen LogP contribution in [0.1, 0.15) is 13.8 Å². The van der Waals surface area contributed by atoms with Gasteiger partial charge in [-0.2, -0.15) is 0 Å². The molecular weight excluding hydrogens is 178 g/mol. The van der Waals surface area contributed by atoms with E-state index >= 15 is 0 Å². The molecule has 0 saturated heterocycles. The van der Waals surface area contributed by atoms with Crippen molar-refractivity contribution in [3.8, 4) is 0 Å². The summed E-state index contributed by atoms with van der Waals surface area (Å²) in [5.74, 6) is 0.167. The molecule has 0 aromatic heterocycles. The summed E-state index contributed by atoms with van der Waals surface area (Å²) in [6, 6.07) is 0.479. The number of carbonyl (C=O) groups excluding carboxylic acids is 1. The molecular formula is C10H23N3O. The normalized spacial score (nSPS) is 11.1. The topological polar surface area (TPSA) is 35.6 Å². The van der Waals surface area contributed by atoms with Gasteiger partial charge >= 0.3 is 0 Å². The molecule has 0 unspecified atom stereocenters. The van der Waals surface area contributed by atoms with E-state index in [4.69, 9.17) is 0 Å². The van der Waals surface area contributed by atoms with Gasteiger partial charge in [0.1, 0.15) is 0 Å². The highest BCUT2D eigenvalue weighted by molar-refractivity contribution is 5.77. The average molecular weight is 201 g/mol. The minimum atomic E-state index is 0.167. The van der Waals surface area contributed by atoms with Crippen LogP contribution in [-0.4, -0.2) is 62.5 Å². The van der Waals surface area contributed by atoms with Crippen LogP contribution < -0.4 is 5.32 Å². The molecule has 4 heteroatoms. The SMILES string of the molecule is CC(C)NCCN(C)C(=O)CN(C)C. The van der Waals surface area contributed by atoms with Gasteiger partial charge in [0.25, 0.3) is 0 Å². The molecule has 0 aliphatic rings. The highest BCUT2D eigenvalue weighted by atomic mass is 16.2. The third-order valence-electron chi connectivity index (χ3n) is 1.88. The second-order valence-corrected chi connectivity index (χ2v) is 4.16. The number of amides is 1. The predicted octanol–water partition coefficient (Wildman–Crippen LogP) is 0.00440. The quantitative estimate of drug-likeness (QED) is 0.657. The Balaban J connectivity index is 3.62. The molecule has 0 rings (SSSR count). The zero-order valence-electron chi connectivity index (χ0n) is 10.0. The lowest BCUT2D eigenvalue weighted by atomic mass is 10.4.